The number of hydrogen-bond donors (Lipinski definition) is 2. The molecule has 1 unspecified atom stereocenters. The van der Waals surface area contributed by atoms with Crippen molar-refractivity contribution in [3.05, 3.63) is 51.5 Å². The highest BCUT2D eigenvalue weighted by atomic mass is 32.1. The van der Waals surface area contributed by atoms with Crippen LogP contribution in [0.3, 0.4) is 0 Å². The van der Waals surface area contributed by atoms with Crippen molar-refractivity contribution >= 4 is 17.2 Å². The van der Waals surface area contributed by atoms with E-state index in [1.807, 2.05) is 44.2 Å². The van der Waals surface area contributed by atoms with Crippen molar-refractivity contribution in [2.45, 2.75) is 32.9 Å². The minimum absolute atomic E-state index is 0.0617. The fourth-order valence-corrected chi connectivity index (χ4v) is 2.79. The Kier molecular flexibility index (Phi) is 4.87. The van der Waals surface area contributed by atoms with Gasteiger partial charge in [0.15, 0.2) is 0 Å². The standard InChI is InChI=1S/C15H18N2O2S/c1-10-13(17-11(2)20-10)9-16-15(19)8-14(18)12-6-4-3-5-7-12/h3-7,14,18H,8-9H2,1-2H3,(H,16,19). The highest BCUT2D eigenvalue weighted by Crippen LogP contribution is 2.17. The summed E-state index contributed by atoms with van der Waals surface area (Å²) < 4.78 is 0. The van der Waals surface area contributed by atoms with Crippen molar-refractivity contribution in [3.8, 4) is 0 Å². The molecule has 20 heavy (non-hydrogen) atoms. The van der Waals surface area contributed by atoms with Crippen molar-refractivity contribution in [3.63, 3.8) is 0 Å². The zero-order chi connectivity index (χ0) is 14.5. The molecular weight excluding hydrogens is 272 g/mol. The van der Waals surface area contributed by atoms with Crippen LogP contribution in [0.4, 0.5) is 0 Å². The van der Waals surface area contributed by atoms with Crippen LogP contribution in [-0.2, 0) is 11.3 Å². The average Bonchev–Trinajstić information content (AvgIpc) is 2.75. The molecule has 5 heteroatoms. The molecular formula is C15H18N2O2S. The molecule has 1 heterocycles. The molecule has 0 saturated carbocycles. The molecule has 0 radical (unpaired) electrons. The third-order valence-corrected chi connectivity index (χ3v) is 3.94. The zero-order valence-electron chi connectivity index (χ0n) is 11.6. The number of carbonyl (C=O) groups excluding carboxylic acids is 1. The second-order valence-electron chi connectivity index (χ2n) is 4.64. The largest absolute Gasteiger partial charge is 0.388 e. The quantitative estimate of drug-likeness (QED) is 0.889. The summed E-state index contributed by atoms with van der Waals surface area (Å²) in [6, 6.07) is 9.19. The lowest BCUT2D eigenvalue weighted by Crippen LogP contribution is -2.25. The topological polar surface area (TPSA) is 62.2 Å². The lowest BCUT2D eigenvalue weighted by Gasteiger charge is -2.10. The minimum Gasteiger partial charge on any atom is -0.388 e. The first-order valence-corrected chi connectivity index (χ1v) is 7.30. The Morgan fingerprint density at radius 1 is 1.35 bits per heavy atom. The molecule has 0 bridgehead atoms. The third-order valence-electron chi connectivity index (χ3n) is 3.02. The number of nitrogens with one attached hydrogen (secondary N) is 1. The number of carbonyl (C=O) groups is 1. The van der Waals surface area contributed by atoms with E-state index in [1.165, 1.54) is 0 Å². The van der Waals surface area contributed by atoms with E-state index >= 15 is 0 Å². The van der Waals surface area contributed by atoms with Crippen LogP contribution in [0.2, 0.25) is 0 Å². The summed E-state index contributed by atoms with van der Waals surface area (Å²) in [6.07, 6.45) is -0.707. The van der Waals surface area contributed by atoms with Gasteiger partial charge in [-0.1, -0.05) is 30.3 Å². The summed E-state index contributed by atoms with van der Waals surface area (Å²) in [4.78, 5) is 17.3. The Morgan fingerprint density at radius 2 is 2.05 bits per heavy atom. The predicted molar refractivity (Wildman–Crippen MR) is 79.5 cm³/mol. The Labute approximate surface area is 122 Å². The number of rotatable bonds is 5. The molecule has 0 saturated heterocycles. The number of hydrogen-bond acceptors (Lipinski definition) is 4. The van der Waals surface area contributed by atoms with Gasteiger partial charge in [0.25, 0.3) is 0 Å². The maximum atomic E-state index is 11.8. The van der Waals surface area contributed by atoms with E-state index in [0.717, 1.165) is 21.1 Å². The highest BCUT2D eigenvalue weighted by molar-refractivity contribution is 7.11. The van der Waals surface area contributed by atoms with Gasteiger partial charge in [0.05, 0.1) is 29.8 Å². The fraction of sp³-hybridized carbons (Fsp3) is 0.333. The molecule has 106 valence electrons. The van der Waals surface area contributed by atoms with Gasteiger partial charge in [-0.15, -0.1) is 11.3 Å². The van der Waals surface area contributed by atoms with Gasteiger partial charge in [-0.25, -0.2) is 4.98 Å². The Morgan fingerprint density at radius 3 is 2.65 bits per heavy atom. The van der Waals surface area contributed by atoms with E-state index < -0.39 is 6.10 Å². The Balaban J connectivity index is 1.85. The molecule has 0 aliphatic rings. The van der Waals surface area contributed by atoms with Gasteiger partial charge in [-0.05, 0) is 19.4 Å². The molecule has 1 atom stereocenters. The molecule has 2 N–H and O–H groups in total. The van der Waals surface area contributed by atoms with Crippen molar-refractivity contribution in [1.29, 1.82) is 0 Å². The number of benzene rings is 1. The number of aryl methyl sites for hydroxylation is 2. The third kappa shape index (κ3) is 3.88. The average molecular weight is 290 g/mol. The lowest BCUT2D eigenvalue weighted by molar-refractivity contribution is -0.123. The van der Waals surface area contributed by atoms with Gasteiger partial charge in [0.2, 0.25) is 5.91 Å². The first-order valence-electron chi connectivity index (χ1n) is 6.49. The van der Waals surface area contributed by atoms with Crippen molar-refractivity contribution < 1.29 is 9.90 Å². The molecule has 2 rings (SSSR count). The number of nitrogens with zero attached hydrogens (tertiary/aromatic N) is 1. The number of aliphatic hydroxyl groups is 1. The monoisotopic (exact) mass is 290 g/mol. The van der Waals surface area contributed by atoms with Crippen LogP contribution in [0.15, 0.2) is 30.3 Å². The van der Waals surface area contributed by atoms with Crippen LogP contribution in [0.25, 0.3) is 0 Å². The molecule has 4 nitrogen and oxygen atoms in total. The smallest absolute Gasteiger partial charge is 0.223 e. The lowest BCUT2D eigenvalue weighted by atomic mass is 10.1. The number of aliphatic hydroxyl groups excluding tert-OH is 1. The van der Waals surface area contributed by atoms with Crippen molar-refractivity contribution in [2.24, 2.45) is 0 Å². The fourth-order valence-electron chi connectivity index (χ4n) is 1.96. The molecule has 0 fully saturated rings. The van der Waals surface area contributed by atoms with Gasteiger partial charge >= 0.3 is 0 Å². The van der Waals surface area contributed by atoms with Crippen LogP contribution >= 0.6 is 11.3 Å². The van der Waals surface area contributed by atoms with Crippen LogP contribution in [0.5, 0.6) is 0 Å². The van der Waals surface area contributed by atoms with Crippen molar-refractivity contribution in [2.75, 3.05) is 0 Å². The first-order chi connectivity index (χ1) is 9.56. The number of thiazole rings is 1. The minimum atomic E-state index is -0.769. The van der Waals surface area contributed by atoms with Gasteiger partial charge in [0.1, 0.15) is 0 Å². The second kappa shape index (κ2) is 6.63. The number of aromatic nitrogens is 1. The normalized spacial score (nSPS) is 12.2. The summed E-state index contributed by atoms with van der Waals surface area (Å²) in [5.74, 6) is -0.175. The SMILES string of the molecule is Cc1nc(CNC(=O)CC(O)c2ccccc2)c(C)s1. The summed E-state index contributed by atoms with van der Waals surface area (Å²) in [7, 11) is 0. The molecule has 0 aliphatic heterocycles. The van der Waals surface area contributed by atoms with Gasteiger partial charge in [-0.3, -0.25) is 4.79 Å². The summed E-state index contributed by atoms with van der Waals surface area (Å²) in [6.45, 7) is 4.35. The van der Waals surface area contributed by atoms with E-state index in [4.69, 9.17) is 0 Å². The van der Waals surface area contributed by atoms with E-state index in [2.05, 4.69) is 10.3 Å². The number of amides is 1. The molecule has 0 spiro atoms. The van der Waals surface area contributed by atoms with E-state index in [9.17, 15) is 9.90 Å². The van der Waals surface area contributed by atoms with Gasteiger partial charge in [-0.2, -0.15) is 0 Å². The molecule has 0 aliphatic carbocycles. The van der Waals surface area contributed by atoms with E-state index in [-0.39, 0.29) is 12.3 Å². The van der Waals surface area contributed by atoms with Gasteiger partial charge < -0.3 is 10.4 Å². The summed E-state index contributed by atoms with van der Waals surface area (Å²) in [5, 5.41) is 13.8. The van der Waals surface area contributed by atoms with E-state index in [1.54, 1.807) is 11.3 Å². The van der Waals surface area contributed by atoms with Crippen LogP contribution in [0, 0.1) is 13.8 Å². The maximum absolute atomic E-state index is 11.8. The predicted octanol–water partition coefficient (Wildman–Crippen LogP) is 2.50. The van der Waals surface area contributed by atoms with Crippen LogP contribution in [0.1, 0.15) is 33.7 Å². The summed E-state index contributed by atoms with van der Waals surface area (Å²) >= 11 is 1.62. The van der Waals surface area contributed by atoms with Crippen LogP contribution in [-0.4, -0.2) is 16.0 Å². The maximum Gasteiger partial charge on any atom is 0.223 e. The molecule has 1 amide bonds. The highest BCUT2D eigenvalue weighted by Gasteiger charge is 2.13. The van der Waals surface area contributed by atoms with Gasteiger partial charge in [0, 0.05) is 4.88 Å². The molecule has 2 aromatic rings. The Bertz CT molecular complexity index is 581. The second-order valence-corrected chi connectivity index (χ2v) is 6.05. The zero-order valence-corrected chi connectivity index (χ0v) is 12.4. The van der Waals surface area contributed by atoms with Crippen molar-refractivity contribution in [1.82, 2.24) is 10.3 Å². The summed E-state index contributed by atoms with van der Waals surface area (Å²) in [5.41, 5.74) is 1.65. The van der Waals surface area contributed by atoms with E-state index in [0.29, 0.717) is 6.54 Å². The molecule has 1 aromatic heterocycles. The Hall–Kier alpha value is -1.72. The first kappa shape index (κ1) is 14.7. The van der Waals surface area contributed by atoms with Crippen LogP contribution < -0.4 is 5.32 Å². The molecule has 1 aromatic carbocycles.